The van der Waals surface area contributed by atoms with Gasteiger partial charge in [-0.2, -0.15) is 0 Å². The Morgan fingerprint density at radius 2 is 2.00 bits per heavy atom. The van der Waals surface area contributed by atoms with Crippen molar-refractivity contribution in [2.24, 2.45) is 5.73 Å². The number of urea groups is 1. The molecule has 0 bridgehead atoms. The molecule has 0 unspecified atom stereocenters. The summed E-state index contributed by atoms with van der Waals surface area (Å²) in [6.07, 6.45) is 2.08. The van der Waals surface area contributed by atoms with Crippen molar-refractivity contribution in [3.8, 4) is 0 Å². The number of hydrogen-bond donors (Lipinski definition) is 5. The van der Waals surface area contributed by atoms with Crippen molar-refractivity contribution in [3.05, 3.63) is 36.0 Å². The summed E-state index contributed by atoms with van der Waals surface area (Å²) >= 11 is 0. The predicted molar refractivity (Wildman–Crippen MR) is 110 cm³/mol. The number of aromatic amines is 1. The smallest absolute Gasteiger partial charge is 0.318 e. The first-order chi connectivity index (χ1) is 13.9. The minimum absolute atomic E-state index is 0.0404. The predicted octanol–water partition coefficient (Wildman–Crippen LogP) is 0.0723. The number of aromatic nitrogens is 1. The Hall–Kier alpha value is -3.07. The number of carbonyl (C=O) groups is 3. The van der Waals surface area contributed by atoms with Crippen LogP contribution in [0.3, 0.4) is 0 Å². The third-order valence-corrected chi connectivity index (χ3v) is 4.98. The van der Waals surface area contributed by atoms with Crippen LogP contribution in [0.15, 0.2) is 30.5 Å². The molecular formula is C20H28N6O3. The van der Waals surface area contributed by atoms with E-state index in [9.17, 15) is 14.4 Å². The first-order valence-electron chi connectivity index (χ1n) is 9.79. The normalized spacial score (nSPS) is 17.9. The van der Waals surface area contributed by atoms with E-state index >= 15 is 0 Å². The standard InChI is InChI=1S/C20H28N6O3/c1-12(2)24-20(29)26-8-7-22-11-17(26)19(28)25-16(18(21)27)9-13-10-23-15-6-4-3-5-14(13)15/h3-6,10,12,16-17,22-23H,7-9,11H2,1-2H3,(H2,21,27)(H,24,29)(H,25,28)/t16-,17-/m1/s1. The molecule has 156 valence electrons. The molecule has 1 aliphatic rings. The fourth-order valence-electron chi connectivity index (χ4n) is 3.52. The molecule has 2 atom stereocenters. The Balaban J connectivity index is 1.73. The summed E-state index contributed by atoms with van der Waals surface area (Å²) in [4.78, 5) is 42.1. The number of carbonyl (C=O) groups excluding carboxylic acids is 3. The molecule has 3 rings (SSSR count). The van der Waals surface area contributed by atoms with E-state index in [0.717, 1.165) is 16.5 Å². The van der Waals surface area contributed by atoms with Gasteiger partial charge in [-0.1, -0.05) is 18.2 Å². The van der Waals surface area contributed by atoms with Gasteiger partial charge in [0, 0.05) is 49.2 Å². The van der Waals surface area contributed by atoms with Gasteiger partial charge >= 0.3 is 6.03 Å². The number of piperazine rings is 1. The third-order valence-electron chi connectivity index (χ3n) is 4.98. The van der Waals surface area contributed by atoms with Gasteiger partial charge in [0.05, 0.1) is 0 Å². The van der Waals surface area contributed by atoms with Gasteiger partial charge in [-0.3, -0.25) is 9.59 Å². The number of fused-ring (bicyclic) bond motifs is 1. The minimum Gasteiger partial charge on any atom is -0.368 e. The Kier molecular flexibility index (Phi) is 6.38. The van der Waals surface area contributed by atoms with E-state index in [0.29, 0.717) is 19.6 Å². The molecule has 1 fully saturated rings. The van der Waals surface area contributed by atoms with Crippen molar-refractivity contribution < 1.29 is 14.4 Å². The van der Waals surface area contributed by atoms with Crippen molar-refractivity contribution >= 4 is 28.7 Å². The molecule has 2 aromatic rings. The summed E-state index contributed by atoms with van der Waals surface area (Å²) in [7, 11) is 0. The lowest BCUT2D eigenvalue weighted by atomic mass is 10.0. The van der Waals surface area contributed by atoms with Gasteiger partial charge in [-0.15, -0.1) is 0 Å². The van der Waals surface area contributed by atoms with Crippen LogP contribution in [0, 0.1) is 0 Å². The maximum Gasteiger partial charge on any atom is 0.318 e. The van der Waals surface area contributed by atoms with Crippen LogP contribution >= 0.6 is 0 Å². The monoisotopic (exact) mass is 400 g/mol. The Morgan fingerprint density at radius 1 is 1.24 bits per heavy atom. The summed E-state index contributed by atoms with van der Waals surface area (Å²) in [6.45, 7) is 5.04. The van der Waals surface area contributed by atoms with Crippen LogP contribution in [-0.4, -0.2) is 65.5 Å². The van der Waals surface area contributed by atoms with Crippen molar-refractivity contribution in [2.45, 2.75) is 38.4 Å². The van der Waals surface area contributed by atoms with Gasteiger partial charge in [-0.05, 0) is 25.5 Å². The van der Waals surface area contributed by atoms with E-state index in [1.807, 2.05) is 44.3 Å². The summed E-state index contributed by atoms with van der Waals surface area (Å²) in [5.41, 5.74) is 7.40. The lowest BCUT2D eigenvalue weighted by Gasteiger charge is -2.36. The molecule has 0 radical (unpaired) electrons. The van der Waals surface area contributed by atoms with Gasteiger partial charge in [0.25, 0.3) is 0 Å². The van der Waals surface area contributed by atoms with Gasteiger partial charge in [0.2, 0.25) is 11.8 Å². The zero-order valence-electron chi connectivity index (χ0n) is 16.7. The van der Waals surface area contributed by atoms with Gasteiger partial charge in [0.15, 0.2) is 0 Å². The SMILES string of the molecule is CC(C)NC(=O)N1CCNC[C@@H]1C(=O)N[C@H](Cc1c[nH]c2ccccc12)C(N)=O. The van der Waals surface area contributed by atoms with E-state index in [-0.39, 0.29) is 18.5 Å². The highest BCUT2D eigenvalue weighted by atomic mass is 16.2. The van der Waals surface area contributed by atoms with Crippen molar-refractivity contribution in [3.63, 3.8) is 0 Å². The number of H-pyrrole nitrogens is 1. The number of amides is 4. The van der Waals surface area contributed by atoms with Crippen LogP contribution in [0.1, 0.15) is 19.4 Å². The van der Waals surface area contributed by atoms with E-state index in [1.165, 1.54) is 4.90 Å². The summed E-state index contributed by atoms with van der Waals surface area (Å²) in [5, 5.41) is 9.65. The maximum absolute atomic E-state index is 12.9. The molecule has 1 aromatic carbocycles. The van der Waals surface area contributed by atoms with Crippen molar-refractivity contribution in [1.82, 2.24) is 25.8 Å². The minimum atomic E-state index is -0.876. The molecule has 9 heteroatoms. The summed E-state index contributed by atoms with van der Waals surface area (Å²) in [6, 6.07) is 5.79. The fraction of sp³-hybridized carbons (Fsp3) is 0.450. The van der Waals surface area contributed by atoms with Gasteiger partial charge < -0.3 is 31.6 Å². The van der Waals surface area contributed by atoms with E-state index in [1.54, 1.807) is 0 Å². The molecule has 29 heavy (non-hydrogen) atoms. The number of nitrogens with one attached hydrogen (secondary N) is 4. The molecular weight excluding hydrogens is 372 g/mol. The summed E-state index contributed by atoms with van der Waals surface area (Å²) in [5.74, 6) is -1.02. The number of primary amides is 1. The Bertz CT molecular complexity index is 893. The number of rotatable bonds is 6. The second-order valence-corrected chi connectivity index (χ2v) is 7.54. The third kappa shape index (κ3) is 4.86. The number of para-hydroxylation sites is 1. The first kappa shape index (κ1) is 20.7. The zero-order valence-corrected chi connectivity index (χ0v) is 16.7. The van der Waals surface area contributed by atoms with E-state index in [2.05, 4.69) is 20.9 Å². The number of nitrogens with zero attached hydrogens (tertiary/aromatic N) is 1. The maximum atomic E-state index is 12.9. The molecule has 0 saturated carbocycles. The van der Waals surface area contributed by atoms with Gasteiger partial charge in [-0.25, -0.2) is 4.79 Å². The molecule has 2 heterocycles. The van der Waals surface area contributed by atoms with Gasteiger partial charge in [0.1, 0.15) is 12.1 Å². The average Bonchev–Trinajstić information content (AvgIpc) is 3.10. The molecule has 1 aromatic heterocycles. The lowest BCUT2D eigenvalue weighted by Crippen LogP contribution is -2.63. The van der Waals surface area contributed by atoms with Crippen LogP contribution < -0.4 is 21.7 Å². The largest absolute Gasteiger partial charge is 0.368 e. The molecule has 0 spiro atoms. The number of nitrogens with two attached hydrogens (primary N) is 1. The molecule has 9 nitrogen and oxygen atoms in total. The molecule has 4 amide bonds. The number of benzene rings is 1. The van der Waals surface area contributed by atoms with Crippen molar-refractivity contribution in [2.75, 3.05) is 19.6 Å². The highest BCUT2D eigenvalue weighted by Gasteiger charge is 2.34. The molecule has 1 aliphatic heterocycles. The highest BCUT2D eigenvalue weighted by Crippen LogP contribution is 2.19. The van der Waals surface area contributed by atoms with E-state index in [4.69, 9.17) is 5.73 Å². The second-order valence-electron chi connectivity index (χ2n) is 7.54. The topological polar surface area (TPSA) is 132 Å². The fourth-order valence-corrected chi connectivity index (χ4v) is 3.52. The molecule has 0 aliphatic carbocycles. The number of hydrogen-bond acceptors (Lipinski definition) is 4. The molecule has 1 saturated heterocycles. The Labute approximate surface area is 169 Å². The zero-order chi connectivity index (χ0) is 21.0. The van der Waals surface area contributed by atoms with Crippen molar-refractivity contribution in [1.29, 1.82) is 0 Å². The van der Waals surface area contributed by atoms with E-state index < -0.39 is 23.9 Å². The summed E-state index contributed by atoms with van der Waals surface area (Å²) < 4.78 is 0. The van der Waals surface area contributed by atoms with Crippen LogP contribution in [0.2, 0.25) is 0 Å². The second kappa shape index (κ2) is 8.95. The van der Waals surface area contributed by atoms with Crippen LogP contribution in [-0.2, 0) is 16.0 Å². The van der Waals surface area contributed by atoms with Crippen LogP contribution in [0.5, 0.6) is 0 Å². The first-order valence-corrected chi connectivity index (χ1v) is 9.79. The van der Waals surface area contributed by atoms with Crippen LogP contribution in [0.4, 0.5) is 4.79 Å². The lowest BCUT2D eigenvalue weighted by molar-refractivity contribution is -0.130. The average molecular weight is 400 g/mol. The van der Waals surface area contributed by atoms with Crippen LogP contribution in [0.25, 0.3) is 10.9 Å². The Morgan fingerprint density at radius 3 is 2.72 bits per heavy atom. The quantitative estimate of drug-likeness (QED) is 0.469. The molecule has 6 N–H and O–H groups in total. The highest BCUT2D eigenvalue weighted by molar-refractivity contribution is 5.92.